The minimum Gasteiger partial charge on any atom is -0.393 e. The number of carbonyl (C=O) groups is 1. The molecular weight excluding hydrogens is 430 g/mol. The minimum atomic E-state index is -1.07. The predicted molar refractivity (Wildman–Crippen MR) is 129 cm³/mol. The lowest BCUT2D eigenvalue weighted by molar-refractivity contribution is -0.0458. The maximum atomic E-state index is 12.5. The molecule has 3 aromatic heterocycles. The molecule has 34 heavy (non-hydrogen) atoms. The summed E-state index contributed by atoms with van der Waals surface area (Å²) in [5, 5.41) is 24.4. The highest BCUT2D eigenvalue weighted by Crippen LogP contribution is 2.40. The molecule has 1 aromatic carbocycles. The molecule has 0 aliphatic heterocycles. The third-order valence-corrected chi connectivity index (χ3v) is 6.80. The summed E-state index contributed by atoms with van der Waals surface area (Å²) >= 11 is 0. The van der Waals surface area contributed by atoms with Crippen molar-refractivity contribution in [2.75, 3.05) is 12.3 Å². The van der Waals surface area contributed by atoms with Crippen LogP contribution in [0.5, 0.6) is 0 Å². The van der Waals surface area contributed by atoms with E-state index >= 15 is 0 Å². The fourth-order valence-corrected chi connectivity index (χ4v) is 4.81. The monoisotopic (exact) mass is 457 g/mol. The Kier molecular flexibility index (Phi) is 5.63. The average Bonchev–Trinajstić information content (AvgIpc) is 3.29. The Labute approximate surface area is 197 Å². The van der Waals surface area contributed by atoms with Gasteiger partial charge >= 0.3 is 0 Å². The van der Waals surface area contributed by atoms with Crippen molar-refractivity contribution in [3.05, 3.63) is 66.1 Å². The molecule has 0 saturated heterocycles. The summed E-state index contributed by atoms with van der Waals surface area (Å²) in [4.78, 5) is 22.1. The molecule has 1 aliphatic carbocycles. The third-order valence-electron chi connectivity index (χ3n) is 6.80. The van der Waals surface area contributed by atoms with E-state index in [4.69, 9.17) is 10.7 Å². The van der Waals surface area contributed by atoms with Gasteiger partial charge < -0.3 is 15.9 Å². The fourth-order valence-electron chi connectivity index (χ4n) is 4.81. The number of pyridine rings is 1. The van der Waals surface area contributed by atoms with Gasteiger partial charge in [0.1, 0.15) is 5.82 Å². The molecule has 4 aromatic rings. The van der Waals surface area contributed by atoms with E-state index in [1.807, 2.05) is 42.5 Å². The standard InChI is InChI=1S/C26H27N5O3/c1-16(33)22-23(18-9-11-26(34,15-32)12-10-18)30-25-20(14-29-31(25)24(22)27)19-7-8-21(28-13-19)17-5-3-2-4-6-17/h2-8,13-14,18,32,34H,9-12,15,27H2,1H3/t18-,26-. The number of aliphatic hydroxyl groups is 2. The first kappa shape index (κ1) is 22.2. The average molecular weight is 458 g/mol. The van der Waals surface area contributed by atoms with Gasteiger partial charge in [-0.1, -0.05) is 36.4 Å². The number of nitrogens with two attached hydrogens (primary N) is 1. The molecule has 174 valence electrons. The van der Waals surface area contributed by atoms with Crippen LogP contribution < -0.4 is 5.73 Å². The SMILES string of the molecule is CC(=O)c1c(N)n2ncc(-c3ccc(-c4ccccc4)nc3)c2nc1[C@H]1CC[C@@](O)(CO)CC1. The summed E-state index contributed by atoms with van der Waals surface area (Å²) in [6, 6.07) is 13.9. The van der Waals surface area contributed by atoms with Gasteiger partial charge in [-0.2, -0.15) is 9.61 Å². The first-order chi connectivity index (χ1) is 16.4. The predicted octanol–water partition coefficient (Wildman–Crippen LogP) is 3.62. The second kappa shape index (κ2) is 8.62. The van der Waals surface area contributed by atoms with Crippen molar-refractivity contribution in [2.45, 2.75) is 44.1 Å². The lowest BCUT2D eigenvalue weighted by Gasteiger charge is -2.34. The van der Waals surface area contributed by atoms with Crippen LogP contribution in [0.15, 0.2) is 54.9 Å². The molecule has 1 saturated carbocycles. The summed E-state index contributed by atoms with van der Waals surface area (Å²) in [6.45, 7) is 1.21. The number of ketones is 1. The van der Waals surface area contributed by atoms with Crippen LogP contribution in [0.1, 0.15) is 54.6 Å². The number of nitrogen functional groups attached to an aromatic ring is 1. The normalized spacial score (nSPS) is 20.5. The van der Waals surface area contributed by atoms with E-state index in [1.165, 1.54) is 11.4 Å². The van der Waals surface area contributed by atoms with Gasteiger partial charge in [-0.25, -0.2) is 4.98 Å². The second-order valence-electron chi connectivity index (χ2n) is 9.06. The van der Waals surface area contributed by atoms with Crippen molar-refractivity contribution in [3.8, 4) is 22.4 Å². The molecule has 5 rings (SSSR count). The van der Waals surface area contributed by atoms with E-state index in [-0.39, 0.29) is 24.1 Å². The zero-order valence-electron chi connectivity index (χ0n) is 19.0. The quantitative estimate of drug-likeness (QED) is 0.391. The van der Waals surface area contributed by atoms with Crippen LogP contribution >= 0.6 is 0 Å². The van der Waals surface area contributed by atoms with Gasteiger partial charge in [0.05, 0.1) is 35.4 Å². The van der Waals surface area contributed by atoms with E-state index < -0.39 is 5.60 Å². The molecule has 3 heterocycles. The number of nitrogens with zero attached hydrogens (tertiary/aromatic N) is 4. The Hall–Kier alpha value is -3.62. The Morgan fingerprint density at radius 1 is 1.12 bits per heavy atom. The Balaban J connectivity index is 1.57. The van der Waals surface area contributed by atoms with Crippen LogP contribution in [0, 0.1) is 0 Å². The molecule has 1 fully saturated rings. The van der Waals surface area contributed by atoms with Crippen molar-refractivity contribution in [1.29, 1.82) is 0 Å². The van der Waals surface area contributed by atoms with Gasteiger partial charge in [-0.15, -0.1) is 0 Å². The molecule has 0 unspecified atom stereocenters. The lowest BCUT2D eigenvalue weighted by Crippen LogP contribution is -2.37. The highest BCUT2D eigenvalue weighted by Gasteiger charge is 2.35. The summed E-state index contributed by atoms with van der Waals surface area (Å²) in [7, 11) is 0. The van der Waals surface area contributed by atoms with Gasteiger partial charge in [-0.05, 0) is 38.7 Å². The molecule has 0 spiro atoms. The number of rotatable bonds is 5. The van der Waals surface area contributed by atoms with Crippen LogP contribution in [0.25, 0.3) is 28.0 Å². The van der Waals surface area contributed by atoms with Crippen LogP contribution in [-0.2, 0) is 0 Å². The molecule has 0 amide bonds. The topological polar surface area (TPSA) is 127 Å². The Bertz CT molecular complexity index is 1340. The number of anilines is 1. The second-order valence-corrected chi connectivity index (χ2v) is 9.06. The van der Waals surface area contributed by atoms with Crippen molar-refractivity contribution in [1.82, 2.24) is 19.6 Å². The van der Waals surface area contributed by atoms with E-state index in [1.54, 1.807) is 12.4 Å². The molecular formula is C26H27N5O3. The van der Waals surface area contributed by atoms with Gasteiger partial charge in [-0.3, -0.25) is 9.78 Å². The third kappa shape index (κ3) is 3.85. The van der Waals surface area contributed by atoms with Crippen molar-refractivity contribution in [3.63, 3.8) is 0 Å². The van der Waals surface area contributed by atoms with Crippen molar-refractivity contribution < 1.29 is 15.0 Å². The number of hydrogen-bond acceptors (Lipinski definition) is 7. The summed E-state index contributed by atoms with van der Waals surface area (Å²) < 4.78 is 1.51. The first-order valence-electron chi connectivity index (χ1n) is 11.4. The van der Waals surface area contributed by atoms with Gasteiger partial charge in [0.15, 0.2) is 11.4 Å². The van der Waals surface area contributed by atoms with Crippen LogP contribution in [0.2, 0.25) is 0 Å². The molecule has 1 aliphatic rings. The number of fused-ring (bicyclic) bond motifs is 1. The summed E-state index contributed by atoms with van der Waals surface area (Å²) in [6.07, 6.45) is 5.58. The zero-order chi connectivity index (χ0) is 23.9. The fraction of sp³-hybridized carbons (Fsp3) is 0.308. The molecule has 4 N–H and O–H groups in total. The number of benzene rings is 1. The van der Waals surface area contributed by atoms with E-state index in [0.29, 0.717) is 42.6 Å². The van der Waals surface area contributed by atoms with Crippen molar-refractivity contribution in [2.24, 2.45) is 0 Å². The van der Waals surface area contributed by atoms with Crippen LogP contribution in [-0.4, -0.2) is 47.8 Å². The number of aromatic nitrogens is 4. The number of hydrogen-bond donors (Lipinski definition) is 3. The number of aliphatic hydroxyl groups excluding tert-OH is 1. The largest absolute Gasteiger partial charge is 0.393 e. The molecule has 0 atom stereocenters. The zero-order valence-corrected chi connectivity index (χ0v) is 19.0. The highest BCUT2D eigenvalue weighted by atomic mass is 16.3. The first-order valence-corrected chi connectivity index (χ1v) is 11.4. The smallest absolute Gasteiger partial charge is 0.165 e. The minimum absolute atomic E-state index is 0.0423. The highest BCUT2D eigenvalue weighted by molar-refractivity contribution is 6.00. The summed E-state index contributed by atoms with van der Waals surface area (Å²) in [5.41, 5.74) is 10.5. The lowest BCUT2D eigenvalue weighted by atomic mass is 9.77. The van der Waals surface area contributed by atoms with Gasteiger partial charge in [0, 0.05) is 28.8 Å². The Morgan fingerprint density at radius 3 is 2.47 bits per heavy atom. The van der Waals surface area contributed by atoms with Crippen LogP contribution in [0.4, 0.5) is 5.82 Å². The maximum absolute atomic E-state index is 12.5. The molecule has 8 heteroatoms. The molecule has 8 nitrogen and oxygen atoms in total. The Morgan fingerprint density at radius 2 is 1.85 bits per heavy atom. The number of carbonyl (C=O) groups excluding carboxylic acids is 1. The van der Waals surface area contributed by atoms with E-state index in [0.717, 1.165) is 22.4 Å². The molecule has 0 radical (unpaired) electrons. The van der Waals surface area contributed by atoms with Crippen molar-refractivity contribution >= 4 is 17.2 Å². The van der Waals surface area contributed by atoms with Gasteiger partial charge in [0.2, 0.25) is 0 Å². The molecule has 0 bridgehead atoms. The number of Topliss-reactive ketones (excluding diaryl/α,β-unsaturated/α-hetero) is 1. The van der Waals surface area contributed by atoms with Gasteiger partial charge in [0.25, 0.3) is 0 Å². The van der Waals surface area contributed by atoms with E-state index in [2.05, 4.69) is 10.1 Å². The summed E-state index contributed by atoms with van der Waals surface area (Å²) in [5.74, 6) is 0.0470. The maximum Gasteiger partial charge on any atom is 0.165 e. The van der Waals surface area contributed by atoms with E-state index in [9.17, 15) is 15.0 Å². The van der Waals surface area contributed by atoms with Crippen LogP contribution in [0.3, 0.4) is 0 Å².